The quantitative estimate of drug-likeness (QED) is 0.467. The number of rotatable bonds is 5. The number of likely N-dealkylation sites (N-methyl/N-ethyl adjacent to an activating group) is 1. The van der Waals surface area contributed by atoms with Crippen LogP contribution >= 0.6 is 0 Å². The van der Waals surface area contributed by atoms with E-state index in [1.807, 2.05) is 24.3 Å². The second-order valence-corrected chi connectivity index (χ2v) is 11.8. The summed E-state index contributed by atoms with van der Waals surface area (Å²) in [6.07, 6.45) is -1.07. The molecule has 2 saturated heterocycles. The number of sulfonamides is 1. The Balaban J connectivity index is 1.46. The minimum atomic E-state index is -4.73. The van der Waals surface area contributed by atoms with Gasteiger partial charge in [-0.15, -0.1) is 0 Å². The van der Waals surface area contributed by atoms with Gasteiger partial charge < -0.3 is 14.5 Å². The summed E-state index contributed by atoms with van der Waals surface area (Å²) >= 11 is 0. The fourth-order valence-electron chi connectivity index (χ4n) is 5.28. The number of nitrogens with zero attached hydrogens (tertiary/aromatic N) is 6. The van der Waals surface area contributed by atoms with Crippen LogP contribution in [0.2, 0.25) is 0 Å². The molecule has 13 heteroatoms. The van der Waals surface area contributed by atoms with Gasteiger partial charge in [-0.3, -0.25) is 4.68 Å². The zero-order valence-corrected chi connectivity index (χ0v) is 22.7. The first kappa shape index (κ1) is 27.8. The van der Waals surface area contributed by atoms with Gasteiger partial charge in [0, 0.05) is 44.3 Å². The maximum Gasteiger partial charge on any atom is 0.417 e. The van der Waals surface area contributed by atoms with Crippen LogP contribution in [0, 0.1) is 0 Å². The van der Waals surface area contributed by atoms with Gasteiger partial charge in [0.1, 0.15) is 10.7 Å². The number of anilines is 1. The fraction of sp³-hybridized carbons (Fsp3) is 0.538. The highest BCUT2D eigenvalue weighted by Gasteiger charge is 2.39. The van der Waals surface area contributed by atoms with Crippen molar-refractivity contribution in [1.82, 2.24) is 24.0 Å². The summed E-state index contributed by atoms with van der Waals surface area (Å²) in [6.45, 7) is 6.38. The molecule has 1 aromatic carbocycles. The number of hydrogen-bond acceptors (Lipinski definition) is 7. The molecule has 4 heterocycles. The lowest BCUT2D eigenvalue weighted by Crippen LogP contribution is -2.38. The van der Waals surface area contributed by atoms with Crippen molar-refractivity contribution in [3.63, 3.8) is 0 Å². The number of alkyl halides is 3. The van der Waals surface area contributed by atoms with E-state index in [1.165, 1.54) is 4.31 Å². The molecule has 2 aliphatic heterocycles. The Bertz CT molecular complexity index is 1400. The molecule has 0 saturated carbocycles. The van der Waals surface area contributed by atoms with E-state index in [-0.39, 0.29) is 24.9 Å². The lowest BCUT2D eigenvalue weighted by atomic mass is 10.2. The lowest BCUT2D eigenvalue weighted by Gasteiger charge is -2.30. The third-order valence-electron chi connectivity index (χ3n) is 7.46. The number of hydrogen-bond donors (Lipinski definition) is 0. The molecule has 3 aromatic rings. The van der Waals surface area contributed by atoms with Crippen molar-refractivity contribution in [2.24, 2.45) is 0 Å². The number of benzene rings is 1. The summed E-state index contributed by atoms with van der Waals surface area (Å²) in [5, 5.41) is 5.40. The third kappa shape index (κ3) is 5.91. The first-order chi connectivity index (χ1) is 18.7. The normalized spacial score (nSPS) is 21.0. The maximum atomic E-state index is 14.0. The van der Waals surface area contributed by atoms with Gasteiger partial charge in [-0.05, 0) is 38.1 Å². The van der Waals surface area contributed by atoms with E-state index < -0.39 is 26.7 Å². The van der Waals surface area contributed by atoms with Crippen LogP contribution in [-0.4, -0.2) is 91.4 Å². The van der Waals surface area contributed by atoms with E-state index in [0.29, 0.717) is 39.1 Å². The van der Waals surface area contributed by atoms with Gasteiger partial charge in [0.05, 0.1) is 36.5 Å². The van der Waals surface area contributed by atoms with Crippen molar-refractivity contribution in [3.05, 3.63) is 48.3 Å². The maximum absolute atomic E-state index is 14.0. The van der Waals surface area contributed by atoms with E-state index in [9.17, 15) is 21.6 Å². The average Bonchev–Trinajstić information content (AvgIpc) is 3.58. The molecule has 39 heavy (non-hydrogen) atoms. The molecule has 0 aliphatic carbocycles. The molecular weight excluding hydrogens is 533 g/mol. The first-order valence-electron chi connectivity index (χ1n) is 13.2. The molecule has 0 bridgehead atoms. The Morgan fingerprint density at radius 2 is 1.85 bits per heavy atom. The van der Waals surface area contributed by atoms with Gasteiger partial charge in [-0.2, -0.15) is 22.6 Å². The van der Waals surface area contributed by atoms with Crippen LogP contribution < -0.4 is 4.90 Å². The van der Waals surface area contributed by atoms with Crippen LogP contribution in [0.25, 0.3) is 10.9 Å². The number of halogens is 3. The van der Waals surface area contributed by atoms with Crippen molar-refractivity contribution in [3.8, 4) is 0 Å². The van der Waals surface area contributed by atoms with Crippen LogP contribution in [0.1, 0.15) is 31.4 Å². The van der Waals surface area contributed by atoms with Crippen LogP contribution in [0.15, 0.2) is 47.6 Å². The fourth-order valence-corrected chi connectivity index (χ4v) is 6.96. The summed E-state index contributed by atoms with van der Waals surface area (Å²) in [7, 11) is -4.29. The predicted octanol–water partition coefficient (Wildman–Crippen LogP) is 3.63. The highest BCUT2D eigenvalue weighted by atomic mass is 32.2. The summed E-state index contributed by atoms with van der Waals surface area (Å²) < 4.78 is 77.8. The SMILES string of the molecule is CCN1CCCN(c2ncc(C(F)(F)F)cc2S(=O)(=O)N2CCC(n3ncc4ccccc43)C2)CCOCC1. The topological polar surface area (TPSA) is 83.8 Å². The Hall–Kier alpha value is -2.74. The minimum Gasteiger partial charge on any atom is -0.378 e. The third-order valence-corrected chi connectivity index (χ3v) is 9.33. The lowest BCUT2D eigenvalue weighted by molar-refractivity contribution is -0.138. The van der Waals surface area contributed by atoms with E-state index in [1.54, 1.807) is 15.8 Å². The molecule has 9 nitrogen and oxygen atoms in total. The second-order valence-electron chi connectivity index (χ2n) is 9.88. The number of fused-ring (bicyclic) bond motifs is 1. The molecule has 2 fully saturated rings. The Morgan fingerprint density at radius 1 is 1.05 bits per heavy atom. The molecular formula is C26H33F3N6O3S. The number of aromatic nitrogens is 3. The molecule has 2 aliphatic rings. The smallest absolute Gasteiger partial charge is 0.378 e. The molecule has 0 N–H and O–H groups in total. The molecule has 1 atom stereocenters. The second kappa shape index (κ2) is 11.4. The Morgan fingerprint density at radius 3 is 2.64 bits per heavy atom. The largest absolute Gasteiger partial charge is 0.417 e. The van der Waals surface area contributed by atoms with E-state index >= 15 is 0 Å². The Labute approximate surface area is 226 Å². The van der Waals surface area contributed by atoms with Crippen LogP contribution in [0.5, 0.6) is 0 Å². The van der Waals surface area contributed by atoms with E-state index in [2.05, 4.69) is 21.9 Å². The van der Waals surface area contributed by atoms with Crippen molar-refractivity contribution in [2.45, 2.75) is 36.9 Å². The number of pyridine rings is 1. The summed E-state index contributed by atoms with van der Waals surface area (Å²) in [5.74, 6) is 0.0308. The van der Waals surface area contributed by atoms with Gasteiger partial charge in [-0.1, -0.05) is 25.1 Å². The van der Waals surface area contributed by atoms with Gasteiger partial charge in [0.25, 0.3) is 0 Å². The van der Waals surface area contributed by atoms with Crippen LogP contribution in [-0.2, 0) is 20.9 Å². The van der Waals surface area contributed by atoms with Crippen LogP contribution in [0.3, 0.4) is 0 Å². The van der Waals surface area contributed by atoms with Gasteiger partial charge in [-0.25, -0.2) is 13.4 Å². The van der Waals surface area contributed by atoms with Gasteiger partial charge in [0.2, 0.25) is 10.0 Å². The molecule has 0 spiro atoms. The summed E-state index contributed by atoms with van der Waals surface area (Å²) in [4.78, 5) is 7.64. The monoisotopic (exact) mass is 566 g/mol. The van der Waals surface area contributed by atoms with Gasteiger partial charge >= 0.3 is 6.18 Å². The van der Waals surface area contributed by atoms with Crippen molar-refractivity contribution >= 4 is 26.7 Å². The average molecular weight is 567 g/mol. The first-order valence-corrected chi connectivity index (χ1v) is 14.7. The molecule has 0 radical (unpaired) electrons. The molecule has 0 amide bonds. The predicted molar refractivity (Wildman–Crippen MR) is 141 cm³/mol. The minimum absolute atomic E-state index is 0.0308. The number of ether oxygens (including phenoxy) is 1. The summed E-state index contributed by atoms with van der Waals surface area (Å²) in [5.41, 5.74) is -0.204. The molecule has 212 valence electrons. The van der Waals surface area contributed by atoms with Crippen molar-refractivity contribution in [2.75, 3.05) is 63.9 Å². The van der Waals surface area contributed by atoms with E-state index in [4.69, 9.17) is 4.74 Å². The zero-order valence-electron chi connectivity index (χ0n) is 21.8. The van der Waals surface area contributed by atoms with Crippen molar-refractivity contribution in [1.29, 1.82) is 0 Å². The van der Waals surface area contributed by atoms with E-state index in [0.717, 1.165) is 42.8 Å². The highest BCUT2D eigenvalue weighted by Crippen LogP contribution is 2.37. The molecule has 5 rings (SSSR count). The zero-order chi connectivity index (χ0) is 27.6. The van der Waals surface area contributed by atoms with Crippen molar-refractivity contribution < 1.29 is 26.3 Å². The van der Waals surface area contributed by atoms with Gasteiger partial charge in [0.15, 0.2) is 0 Å². The molecule has 1 unspecified atom stereocenters. The Kier molecular flexibility index (Phi) is 8.13. The molecule has 2 aromatic heterocycles. The standard InChI is InChI=1S/C26H33F3N6O3S/c1-2-32-9-5-10-33(13-15-38-14-12-32)25-24(16-21(18-30-25)26(27,28)29)39(36,37)34-11-8-22(19-34)35-23-7-4-3-6-20(23)17-31-35/h3-4,6-7,16-18,22H,2,5,8-15,19H2,1H3. The summed E-state index contributed by atoms with van der Waals surface area (Å²) in [6, 6.07) is 8.14. The highest BCUT2D eigenvalue weighted by molar-refractivity contribution is 7.89. The van der Waals surface area contributed by atoms with Crippen LogP contribution in [0.4, 0.5) is 19.0 Å². The number of para-hydroxylation sites is 1.